The summed E-state index contributed by atoms with van der Waals surface area (Å²) in [5.74, 6) is 0.503. The lowest BCUT2D eigenvalue weighted by Gasteiger charge is -2.11. The van der Waals surface area contributed by atoms with Crippen LogP contribution >= 0.6 is 11.6 Å². The van der Waals surface area contributed by atoms with E-state index >= 15 is 0 Å². The quantitative estimate of drug-likeness (QED) is 0.746. The zero-order chi connectivity index (χ0) is 16.0. The summed E-state index contributed by atoms with van der Waals surface area (Å²) >= 11 is 6.23. The molecule has 1 saturated heterocycles. The molecular weight excluding hydrogens is 322 g/mol. The molecule has 0 saturated carbocycles. The van der Waals surface area contributed by atoms with Gasteiger partial charge in [-0.25, -0.2) is 19.6 Å². The van der Waals surface area contributed by atoms with E-state index in [1.54, 1.807) is 24.4 Å². The highest BCUT2D eigenvalue weighted by atomic mass is 35.5. The highest BCUT2D eigenvalue weighted by molar-refractivity contribution is 6.33. The molecule has 1 amide bonds. The molecule has 0 bridgehead atoms. The molecule has 9 heteroatoms. The number of carbonyl (C=O) groups is 1. The minimum absolute atomic E-state index is 0.346. The van der Waals surface area contributed by atoms with Crippen LogP contribution in [0.5, 0.6) is 0 Å². The van der Waals surface area contributed by atoms with Crippen molar-refractivity contribution >= 4 is 34.7 Å². The van der Waals surface area contributed by atoms with Gasteiger partial charge in [0.2, 0.25) is 0 Å². The Labute approximate surface area is 134 Å². The molecule has 3 aromatic heterocycles. The molecule has 0 spiro atoms. The van der Waals surface area contributed by atoms with Crippen LogP contribution < -0.4 is 10.6 Å². The molecule has 0 radical (unpaired) electrons. The average Bonchev–Trinajstić information content (AvgIpc) is 3.11. The Morgan fingerprint density at radius 2 is 2.13 bits per heavy atom. The number of imidazole rings is 1. The fraction of sp³-hybridized carbons (Fsp3) is 0.143. The zero-order valence-electron chi connectivity index (χ0n) is 11.7. The van der Waals surface area contributed by atoms with Gasteiger partial charge in [0.05, 0.1) is 22.8 Å². The molecule has 8 nitrogen and oxygen atoms in total. The molecule has 0 unspecified atom stereocenters. The van der Waals surface area contributed by atoms with Crippen LogP contribution in [-0.4, -0.2) is 39.2 Å². The topological polar surface area (TPSA) is 104 Å². The second kappa shape index (κ2) is 5.10. The van der Waals surface area contributed by atoms with Crippen molar-refractivity contribution in [1.82, 2.24) is 19.9 Å². The number of carbonyl (C=O) groups excluding carboxylic acids is 1. The van der Waals surface area contributed by atoms with E-state index in [1.807, 2.05) is 0 Å². The first-order valence-corrected chi connectivity index (χ1v) is 7.19. The highest BCUT2D eigenvalue weighted by Gasteiger charge is 2.24. The van der Waals surface area contributed by atoms with E-state index in [0.29, 0.717) is 46.4 Å². The monoisotopic (exact) mass is 331 g/mol. The van der Waals surface area contributed by atoms with Crippen LogP contribution in [0.3, 0.4) is 0 Å². The standard InChI is InChI=1S/C14H10ClN5O3/c15-8-5-9-12(19-13(21)17-9)18-11(8)7-1-2-10(16-6-7)20-3-4-23-14(20)22/h1-2,5-6H,3-4H2,(H2,17,18,19,21). The van der Waals surface area contributed by atoms with Crippen molar-refractivity contribution in [3.8, 4) is 11.3 Å². The number of cyclic esters (lactones) is 1. The number of anilines is 1. The van der Waals surface area contributed by atoms with E-state index < -0.39 is 6.09 Å². The van der Waals surface area contributed by atoms with Gasteiger partial charge in [-0.1, -0.05) is 11.6 Å². The van der Waals surface area contributed by atoms with Gasteiger partial charge in [0.25, 0.3) is 0 Å². The minimum atomic E-state index is -0.410. The molecule has 0 aliphatic carbocycles. The summed E-state index contributed by atoms with van der Waals surface area (Å²) in [6, 6.07) is 5.09. The first-order valence-electron chi connectivity index (χ1n) is 6.81. The van der Waals surface area contributed by atoms with Crippen LogP contribution in [0.1, 0.15) is 0 Å². The molecule has 3 aromatic rings. The van der Waals surface area contributed by atoms with Crippen molar-refractivity contribution in [3.63, 3.8) is 0 Å². The zero-order valence-corrected chi connectivity index (χ0v) is 12.4. The third-order valence-electron chi connectivity index (χ3n) is 3.51. The first kappa shape index (κ1) is 13.8. The Kier molecular flexibility index (Phi) is 3.05. The molecule has 1 fully saturated rings. The summed E-state index contributed by atoms with van der Waals surface area (Å²) < 4.78 is 4.88. The Morgan fingerprint density at radius 3 is 2.83 bits per heavy atom. The lowest BCUT2D eigenvalue weighted by atomic mass is 10.2. The summed E-state index contributed by atoms with van der Waals surface area (Å²) in [5, 5.41) is 0.392. The molecule has 1 aliphatic heterocycles. The van der Waals surface area contributed by atoms with Crippen LogP contribution in [0, 0.1) is 0 Å². The lowest BCUT2D eigenvalue weighted by molar-refractivity contribution is 0.181. The molecule has 4 heterocycles. The van der Waals surface area contributed by atoms with Gasteiger partial charge in [-0.3, -0.25) is 9.88 Å². The predicted octanol–water partition coefficient (Wildman–Crippen LogP) is 1.92. The summed E-state index contributed by atoms with van der Waals surface area (Å²) in [5.41, 5.74) is 1.78. The van der Waals surface area contributed by atoms with Gasteiger partial charge >= 0.3 is 11.8 Å². The van der Waals surface area contributed by atoms with E-state index in [9.17, 15) is 9.59 Å². The van der Waals surface area contributed by atoms with E-state index in [-0.39, 0.29) is 5.69 Å². The maximum Gasteiger partial charge on any atom is 0.415 e. The Morgan fingerprint density at radius 1 is 1.26 bits per heavy atom. The van der Waals surface area contributed by atoms with Gasteiger partial charge in [-0.2, -0.15) is 0 Å². The molecule has 116 valence electrons. The van der Waals surface area contributed by atoms with Crippen LogP contribution in [0.25, 0.3) is 22.4 Å². The number of hydrogen-bond acceptors (Lipinski definition) is 5. The van der Waals surface area contributed by atoms with Crippen molar-refractivity contribution in [2.24, 2.45) is 0 Å². The number of rotatable bonds is 2. The second-order valence-corrected chi connectivity index (χ2v) is 5.37. The number of pyridine rings is 2. The van der Waals surface area contributed by atoms with Crippen LogP contribution in [0.15, 0.2) is 29.2 Å². The smallest absolute Gasteiger partial charge is 0.415 e. The van der Waals surface area contributed by atoms with Gasteiger partial charge in [-0.05, 0) is 18.2 Å². The number of H-pyrrole nitrogens is 2. The van der Waals surface area contributed by atoms with E-state index in [1.165, 1.54) is 4.90 Å². The van der Waals surface area contributed by atoms with Gasteiger partial charge in [0.15, 0.2) is 5.65 Å². The number of hydrogen-bond donors (Lipinski definition) is 2. The normalized spacial score (nSPS) is 14.5. The molecule has 23 heavy (non-hydrogen) atoms. The number of nitrogens with zero attached hydrogens (tertiary/aromatic N) is 3. The first-order chi connectivity index (χ1) is 11.1. The second-order valence-electron chi connectivity index (χ2n) is 4.97. The van der Waals surface area contributed by atoms with Crippen molar-refractivity contribution in [3.05, 3.63) is 39.9 Å². The summed E-state index contributed by atoms with van der Waals surface area (Å²) in [6.45, 7) is 0.827. The van der Waals surface area contributed by atoms with Crippen molar-refractivity contribution in [2.75, 3.05) is 18.1 Å². The van der Waals surface area contributed by atoms with Crippen LogP contribution in [0.2, 0.25) is 5.02 Å². The summed E-state index contributed by atoms with van der Waals surface area (Å²) in [4.78, 5) is 38.1. The average molecular weight is 332 g/mol. The number of aromatic nitrogens is 4. The summed E-state index contributed by atoms with van der Waals surface area (Å²) in [7, 11) is 0. The Balaban J connectivity index is 1.74. The SMILES string of the molecule is O=C1OCCN1c1ccc(-c2nc3[nH]c(=O)[nH]c3cc2Cl)cn1. The molecule has 0 atom stereocenters. The fourth-order valence-corrected chi connectivity index (χ4v) is 2.69. The molecule has 4 rings (SSSR count). The number of amides is 1. The van der Waals surface area contributed by atoms with Gasteiger partial charge in [0, 0.05) is 11.8 Å². The largest absolute Gasteiger partial charge is 0.447 e. The van der Waals surface area contributed by atoms with E-state index in [4.69, 9.17) is 16.3 Å². The Hall–Kier alpha value is -2.87. The number of fused-ring (bicyclic) bond motifs is 1. The minimum Gasteiger partial charge on any atom is -0.447 e. The van der Waals surface area contributed by atoms with Crippen molar-refractivity contribution in [2.45, 2.75) is 0 Å². The molecule has 2 N–H and O–H groups in total. The Bertz CT molecular complexity index is 963. The maximum atomic E-state index is 11.5. The predicted molar refractivity (Wildman–Crippen MR) is 83.6 cm³/mol. The van der Waals surface area contributed by atoms with E-state index in [0.717, 1.165) is 0 Å². The van der Waals surface area contributed by atoms with Gasteiger partial charge < -0.3 is 9.72 Å². The summed E-state index contributed by atoms with van der Waals surface area (Å²) in [6.07, 6.45) is 1.17. The number of ether oxygens (including phenoxy) is 1. The third kappa shape index (κ3) is 2.33. The molecule has 1 aliphatic rings. The number of halogens is 1. The fourth-order valence-electron chi connectivity index (χ4n) is 2.43. The number of aromatic amines is 2. The van der Waals surface area contributed by atoms with Gasteiger partial charge in [-0.15, -0.1) is 0 Å². The number of nitrogens with one attached hydrogen (secondary N) is 2. The van der Waals surface area contributed by atoms with Crippen LogP contribution in [0.4, 0.5) is 10.6 Å². The van der Waals surface area contributed by atoms with Crippen molar-refractivity contribution < 1.29 is 9.53 Å². The third-order valence-corrected chi connectivity index (χ3v) is 3.80. The maximum absolute atomic E-state index is 11.5. The molecule has 0 aromatic carbocycles. The lowest BCUT2D eigenvalue weighted by Crippen LogP contribution is -2.24. The van der Waals surface area contributed by atoms with E-state index in [2.05, 4.69) is 19.9 Å². The van der Waals surface area contributed by atoms with Crippen molar-refractivity contribution in [1.29, 1.82) is 0 Å². The molecular formula is C14H10ClN5O3. The highest BCUT2D eigenvalue weighted by Crippen LogP contribution is 2.28. The van der Waals surface area contributed by atoms with Crippen LogP contribution in [-0.2, 0) is 4.74 Å². The van der Waals surface area contributed by atoms with Gasteiger partial charge in [0.1, 0.15) is 12.4 Å².